The monoisotopic (exact) mass is 738 g/mol. The van der Waals surface area contributed by atoms with Gasteiger partial charge in [-0.05, 0) is 102 Å². The van der Waals surface area contributed by atoms with E-state index >= 15 is 0 Å². The van der Waals surface area contributed by atoms with Crippen LogP contribution < -0.4 is 19.8 Å². The lowest BCUT2D eigenvalue weighted by Gasteiger charge is -2.27. The number of morpholine rings is 1. The molecule has 1 saturated heterocycles. The van der Waals surface area contributed by atoms with Crippen LogP contribution in [0.2, 0.25) is 0 Å². The molecule has 1 aliphatic heterocycles. The molecule has 4 aromatic rings. The van der Waals surface area contributed by atoms with E-state index in [2.05, 4.69) is 36.4 Å². The summed E-state index contributed by atoms with van der Waals surface area (Å²) in [5, 5.41) is 5.16. The summed E-state index contributed by atoms with van der Waals surface area (Å²) in [6, 6.07) is 15.0. The molecule has 0 aliphatic carbocycles. The molecule has 1 aromatic heterocycles. The number of para-hydroxylation sites is 1. The molecule has 0 spiro atoms. The maximum absolute atomic E-state index is 13.9. The first-order valence-electron chi connectivity index (χ1n) is 15.5. The summed E-state index contributed by atoms with van der Waals surface area (Å²) in [6.07, 6.45) is 1.61. The molecule has 5 rings (SSSR count). The van der Waals surface area contributed by atoms with Gasteiger partial charge in [-0.25, -0.2) is 4.98 Å². The number of benzene rings is 3. The van der Waals surface area contributed by atoms with Crippen LogP contribution in [-0.4, -0.2) is 72.8 Å². The lowest BCUT2D eigenvalue weighted by atomic mass is 9.96. The zero-order chi connectivity index (χ0) is 32.8. The molecular formula is C35H39IN4O6. The van der Waals surface area contributed by atoms with Crippen molar-refractivity contribution in [3.05, 3.63) is 79.1 Å². The number of aromatic nitrogens is 2. The molecule has 11 heteroatoms. The first-order chi connectivity index (χ1) is 22.2. The molecule has 0 saturated carbocycles. The Balaban J connectivity index is 1.55. The minimum Gasteiger partial charge on any atom is -0.494 e. The first-order valence-corrected chi connectivity index (χ1v) is 16.6. The van der Waals surface area contributed by atoms with Crippen molar-refractivity contribution in [2.24, 2.45) is 5.10 Å². The third kappa shape index (κ3) is 7.36. The van der Waals surface area contributed by atoms with Crippen molar-refractivity contribution in [3.63, 3.8) is 0 Å². The predicted octanol–water partition coefficient (Wildman–Crippen LogP) is 6.02. The van der Waals surface area contributed by atoms with Crippen LogP contribution in [0.25, 0.3) is 22.3 Å². The Morgan fingerprint density at radius 2 is 1.76 bits per heavy atom. The number of aryl methyl sites for hydroxylation is 1. The van der Waals surface area contributed by atoms with Crippen molar-refractivity contribution in [1.29, 1.82) is 0 Å². The second kappa shape index (κ2) is 15.1. The van der Waals surface area contributed by atoms with Crippen LogP contribution in [0.15, 0.2) is 58.4 Å². The number of carbonyl (C=O) groups excluding carboxylic acids is 1. The maximum atomic E-state index is 13.9. The van der Waals surface area contributed by atoms with Gasteiger partial charge in [-0.1, -0.05) is 26.0 Å². The molecule has 10 nitrogen and oxygen atoms in total. The van der Waals surface area contributed by atoms with E-state index in [9.17, 15) is 9.59 Å². The maximum Gasteiger partial charge on any atom is 0.282 e. The van der Waals surface area contributed by atoms with Crippen LogP contribution >= 0.6 is 22.6 Å². The van der Waals surface area contributed by atoms with Crippen LogP contribution in [-0.2, 0) is 9.53 Å². The zero-order valence-corrected chi connectivity index (χ0v) is 29.0. The number of ether oxygens (including phenoxy) is 4. The average molecular weight is 739 g/mol. The molecule has 2 heterocycles. The molecular weight excluding hydrogens is 699 g/mol. The van der Waals surface area contributed by atoms with E-state index in [1.807, 2.05) is 57.2 Å². The van der Waals surface area contributed by atoms with E-state index in [1.165, 1.54) is 4.68 Å². The summed E-state index contributed by atoms with van der Waals surface area (Å²) in [5.41, 5.74) is 3.74. The Labute approximate surface area is 282 Å². The fourth-order valence-corrected chi connectivity index (χ4v) is 6.08. The summed E-state index contributed by atoms with van der Waals surface area (Å²) in [5.74, 6) is 2.31. The van der Waals surface area contributed by atoms with Gasteiger partial charge in [-0.15, -0.1) is 0 Å². The Kier molecular flexibility index (Phi) is 10.9. The highest BCUT2D eigenvalue weighted by molar-refractivity contribution is 14.1. The minimum absolute atomic E-state index is 0.104. The smallest absolute Gasteiger partial charge is 0.282 e. The molecule has 3 aromatic carbocycles. The Morgan fingerprint density at radius 1 is 1.04 bits per heavy atom. The molecule has 0 atom stereocenters. The van der Waals surface area contributed by atoms with Crippen LogP contribution in [0.1, 0.15) is 50.3 Å². The summed E-state index contributed by atoms with van der Waals surface area (Å²) < 4.78 is 25.3. The van der Waals surface area contributed by atoms with Gasteiger partial charge < -0.3 is 23.8 Å². The number of hydrogen-bond donors (Lipinski definition) is 0. The average Bonchev–Trinajstić information content (AvgIpc) is 3.04. The minimum atomic E-state index is -0.280. The van der Waals surface area contributed by atoms with E-state index < -0.39 is 0 Å². The Hall–Kier alpha value is -3.97. The van der Waals surface area contributed by atoms with Crippen LogP contribution in [0.5, 0.6) is 17.2 Å². The summed E-state index contributed by atoms with van der Waals surface area (Å²) >= 11 is 2.16. The standard InChI is InChI=1S/C35H39IN4O6/c1-6-44-30-16-23(5)27(19-26(30)22(3)4)34-38-29-11-9-8-10-25(29)35(42)40(34)37-20-24-17-28(36)33(31(18-24)45-7-2)46-21-32(41)39-12-14-43-15-13-39/h8-11,16-20,22H,6-7,12-15,21H2,1-5H3. The van der Waals surface area contributed by atoms with Gasteiger partial charge in [-0.2, -0.15) is 9.78 Å². The van der Waals surface area contributed by atoms with Gasteiger partial charge in [0.25, 0.3) is 11.5 Å². The topological polar surface area (TPSA) is 104 Å². The van der Waals surface area contributed by atoms with Crippen molar-refractivity contribution >= 4 is 45.6 Å². The van der Waals surface area contributed by atoms with Gasteiger partial charge >= 0.3 is 0 Å². The lowest BCUT2D eigenvalue weighted by Crippen LogP contribution is -2.43. The van der Waals surface area contributed by atoms with E-state index in [0.717, 1.165) is 26.0 Å². The van der Waals surface area contributed by atoms with E-state index in [1.54, 1.807) is 23.2 Å². The largest absolute Gasteiger partial charge is 0.494 e. The summed E-state index contributed by atoms with van der Waals surface area (Å²) in [6.45, 7) is 13.0. The Morgan fingerprint density at radius 3 is 2.48 bits per heavy atom. The molecule has 1 amide bonds. The number of amides is 1. The van der Waals surface area contributed by atoms with Crippen molar-refractivity contribution < 1.29 is 23.7 Å². The second-order valence-corrected chi connectivity index (χ2v) is 12.3. The highest BCUT2D eigenvalue weighted by Crippen LogP contribution is 2.35. The number of rotatable bonds is 11. The van der Waals surface area contributed by atoms with Crippen LogP contribution in [0, 0.1) is 10.5 Å². The van der Waals surface area contributed by atoms with Gasteiger partial charge in [0, 0.05) is 18.7 Å². The van der Waals surface area contributed by atoms with E-state index in [-0.39, 0.29) is 24.0 Å². The molecule has 0 bridgehead atoms. The highest BCUT2D eigenvalue weighted by atomic mass is 127. The number of nitrogens with zero attached hydrogens (tertiary/aromatic N) is 4. The van der Waals surface area contributed by atoms with E-state index in [0.29, 0.717) is 73.3 Å². The molecule has 242 valence electrons. The number of halogens is 1. The number of hydrogen-bond acceptors (Lipinski definition) is 8. The van der Waals surface area contributed by atoms with Crippen LogP contribution in [0.4, 0.5) is 0 Å². The van der Waals surface area contributed by atoms with Crippen molar-refractivity contribution in [2.75, 3.05) is 46.1 Å². The third-order valence-corrected chi connectivity index (χ3v) is 8.43. The quantitative estimate of drug-likeness (QED) is 0.137. The van der Waals surface area contributed by atoms with E-state index in [4.69, 9.17) is 29.0 Å². The van der Waals surface area contributed by atoms with Crippen molar-refractivity contribution in [1.82, 2.24) is 14.6 Å². The van der Waals surface area contributed by atoms with Gasteiger partial charge in [0.05, 0.1) is 47.1 Å². The lowest BCUT2D eigenvalue weighted by molar-refractivity contribution is -0.137. The van der Waals surface area contributed by atoms with Gasteiger partial charge in [0.1, 0.15) is 5.75 Å². The Bertz CT molecular complexity index is 1810. The third-order valence-electron chi connectivity index (χ3n) is 7.63. The summed E-state index contributed by atoms with van der Waals surface area (Å²) in [7, 11) is 0. The molecule has 0 unspecified atom stereocenters. The van der Waals surface area contributed by atoms with Crippen LogP contribution in [0.3, 0.4) is 0 Å². The molecule has 1 aliphatic rings. The molecule has 0 N–H and O–H groups in total. The fraction of sp³-hybridized carbons (Fsp3) is 0.371. The predicted molar refractivity (Wildman–Crippen MR) is 188 cm³/mol. The first kappa shape index (κ1) is 33.4. The molecule has 46 heavy (non-hydrogen) atoms. The number of fused-ring (bicyclic) bond motifs is 1. The molecule has 1 fully saturated rings. The van der Waals surface area contributed by atoms with Gasteiger partial charge in [0.2, 0.25) is 0 Å². The second-order valence-electron chi connectivity index (χ2n) is 11.2. The fourth-order valence-electron chi connectivity index (χ4n) is 5.30. The zero-order valence-electron chi connectivity index (χ0n) is 26.8. The molecule has 0 radical (unpaired) electrons. The van der Waals surface area contributed by atoms with Gasteiger partial charge in [0.15, 0.2) is 23.9 Å². The van der Waals surface area contributed by atoms with Crippen molar-refractivity contribution in [2.45, 2.75) is 40.5 Å². The van der Waals surface area contributed by atoms with Gasteiger partial charge in [-0.3, -0.25) is 9.59 Å². The summed E-state index contributed by atoms with van der Waals surface area (Å²) in [4.78, 5) is 33.3. The van der Waals surface area contributed by atoms with Crippen molar-refractivity contribution in [3.8, 4) is 28.6 Å². The normalized spacial score (nSPS) is 13.5. The highest BCUT2D eigenvalue weighted by Gasteiger charge is 2.21. The SMILES string of the molecule is CCOc1cc(C)c(-c2nc3ccccc3c(=O)n2N=Cc2cc(I)c(OCC(=O)N3CCOCC3)c(OCC)c2)cc1C(C)C. The number of carbonyl (C=O) groups is 1.